The Labute approximate surface area is 133 Å². The molecule has 0 amide bonds. The van der Waals surface area contributed by atoms with Gasteiger partial charge in [0.2, 0.25) is 0 Å². The lowest BCUT2D eigenvalue weighted by Crippen LogP contribution is -2.67. The molecule has 0 spiro atoms. The standard InChI is InChI=1S/C16H23F3O4/c1-3-13(2,16(17,18)19)12(20)23-11-10-4-9-5-14(21,7-10)8-15(11,22)6-9/h9-11,21-22H,3-8H2,1-2H3. The Bertz CT molecular complexity index is 522. The molecule has 4 aliphatic rings. The summed E-state index contributed by atoms with van der Waals surface area (Å²) < 4.78 is 44.9. The molecule has 6 atom stereocenters. The first-order valence-corrected chi connectivity index (χ1v) is 8.15. The third-order valence-corrected chi connectivity index (χ3v) is 6.20. The van der Waals surface area contributed by atoms with Gasteiger partial charge in [-0.1, -0.05) is 6.92 Å². The van der Waals surface area contributed by atoms with Crippen LogP contribution in [-0.2, 0) is 9.53 Å². The summed E-state index contributed by atoms with van der Waals surface area (Å²) in [6, 6.07) is 0. The van der Waals surface area contributed by atoms with Crippen LogP contribution in [0.25, 0.3) is 0 Å². The minimum absolute atomic E-state index is 0.0692. The number of rotatable bonds is 3. The molecule has 4 aliphatic carbocycles. The van der Waals surface area contributed by atoms with Crippen LogP contribution in [0.15, 0.2) is 0 Å². The molecule has 4 rings (SSSR count). The van der Waals surface area contributed by atoms with Gasteiger partial charge in [0, 0.05) is 12.3 Å². The molecule has 23 heavy (non-hydrogen) atoms. The van der Waals surface area contributed by atoms with Crippen molar-refractivity contribution >= 4 is 5.97 Å². The molecule has 2 N–H and O–H groups in total. The molecule has 0 heterocycles. The summed E-state index contributed by atoms with van der Waals surface area (Å²) in [5, 5.41) is 21.3. The fourth-order valence-corrected chi connectivity index (χ4v) is 4.94. The van der Waals surface area contributed by atoms with Crippen LogP contribution in [0.2, 0.25) is 0 Å². The average Bonchev–Trinajstić information content (AvgIpc) is 2.37. The van der Waals surface area contributed by atoms with E-state index in [0.29, 0.717) is 25.7 Å². The topological polar surface area (TPSA) is 66.8 Å². The quantitative estimate of drug-likeness (QED) is 0.778. The van der Waals surface area contributed by atoms with Crippen molar-refractivity contribution in [2.75, 3.05) is 0 Å². The van der Waals surface area contributed by atoms with Crippen molar-refractivity contribution in [1.29, 1.82) is 0 Å². The summed E-state index contributed by atoms with van der Waals surface area (Å²) >= 11 is 0. The Morgan fingerprint density at radius 2 is 1.91 bits per heavy atom. The minimum atomic E-state index is -4.70. The van der Waals surface area contributed by atoms with Crippen LogP contribution in [0.1, 0.15) is 52.4 Å². The van der Waals surface area contributed by atoms with Gasteiger partial charge in [-0.25, -0.2) is 0 Å². The molecule has 4 fully saturated rings. The highest BCUT2D eigenvalue weighted by atomic mass is 19.4. The highest BCUT2D eigenvalue weighted by Gasteiger charge is 2.65. The van der Waals surface area contributed by atoms with E-state index in [9.17, 15) is 28.2 Å². The maximum absolute atomic E-state index is 13.2. The second-order valence-corrected chi connectivity index (χ2v) is 7.99. The van der Waals surface area contributed by atoms with Gasteiger partial charge in [-0.2, -0.15) is 13.2 Å². The first kappa shape index (κ1) is 17.0. The van der Waals surface area contributed by atoms with Crippen molar-refractivity contribution in [1.82, 2.24) is 0 Å². The van der Waals surface area contributed by atoms with Gasteiger partial charge in [0.25, 0.3) is 0 Å². The highest BCUT2D eigenvalue weighted by molar-refractivity contribution is 5.77. The normalized spacial score (nSPS) is 44.9. The van der Waals surface area contributed by atoms with Crippen molar-refractivity contribution in [2.24, 2.45) is 17.3 Å². The van der Waals surface area contributed by atoms with E-state index in [2.05, 4.69) is 0 Å². The van der Waals surface area contributed by atoms with Gasteiger partial charge in [0.05, 0.1) is 5.60 Å². The van der Waals surface area contributed by atoms with Crippen LogP contribution in [0.3, 0.4) is 0 Å². The number of carbonyl (C=O) groups excluding carboxylic acids is 1. The maximum Gasteiger partial charge on any atom is 0.404 e. The summed E-state index contributed by atoms with van der Waals surface area (Å²) in [7, 11) is 0. The summed E-state index contributed by atoms with van der Waals surface area (Å²) in [4.78, 5) is 12.2. The first-order chi connectivity index (χ1) is 10.4. The predicted molar refractivity (Wildman–Crippen MR) is 74.3 cm³/mol. The number of esters is 1. The SMILES string of the molecule is CCC(C)(C(=O)OC1C2CC3CC(O)(C2)CC1(O)C3)C(F)(F)F. The number of aliphatic hydroxyl groups is 2. The maximum atomic E-state index is 13.2. The molecular formula is C16H23F3O4. The van der Waals surface area contributed by atoms with Gasteiger partial charge < -0.3 is 14.9 Å². The molecule has 0 aromatic heterocycles. The van der Waals surface area contributed by atoms with Gasteiger partial charge in [-0.15, -0.1) is 0 Å². The molecular weight excluding hydrogens is 313 g/mol. The van der Waals surface area contributed by atoms with Crippen molar-refractivity contribution in [2.45, 2.75) is 75.9 Å². The summed E-state index contributed by atoms with van der Waals surface area (Å²) in [6.07, 6.45) is -3.97. The molecule has 132 valence electrons. The zero-order valence-electron chi connectivity index (χ0n) is 13.3. The Balaban J connectivity index is 1.82. The van der Waals surface area contributed by atoms with Crippen molar-refractivity contribution in [3.8, 4) is 0 Å². The largest absolute Gasteiger partial charge is 0.458 e. The third-order valence-electron chi connectivity index (χ3n) is 6.20. The number of hydrogen-bond acceptors (Lipinski definition) is 4. The summed E-state index contributed by atoms with van der Waals surface area (Å²) in [5.74, 6) is -1.46. The number of alkyl halides is 3. The van der Waals surface area contributed by atoms with Crippen LogP contribution >= 0.6 is 0 Å². The Morgan fingerprint density at radius 1 is 1.26 bits per heavy atom. The lowest BCUT2D eigenvalue weighted by atomic mass is 9.51. The second kappa shape index (κ2) is 4.85. The molecule has 4 nitrogen and oxygen atoms in total. The lowest BCUT2D eigenvalue weighted by molar-refractivity contribution is -0.275. The van der Waals surface area contributed by atoms with E-state index < -0.39 is 41.3 Å². The molecule has 6 unspecified atom stereocenters. The Hall–Kier alpha value is -0.820. The monoisotopic (exact) mass is 336 g/mol. The van der Waals surface area contributed by atoms with Gasteiger partial charge in [0.15, 0.2) is 5.41 Å². The van der Waals surface area contributed by atoms with E-state index in [1.165, 1.54) is 6.92 Å². The molecule has 4 bridgehead atoms. The molecule has 4 saturated carbocycles. The summed E-state index contributed by atoms with van der Waals surface area (Å²) in [5.41, 5.74) is -4.95. The smallest absolute Gasteiger partial charge is 0.404 e. The van der Waals surface area contributed by atoms with Gasteiger partial charge in [-0.05, 0) is 44.9 Å². The minimum Gasteiger partial charge on any atom is -0.458 e. The van der Waals surface area contributed by atoms with Crippen LogP contribution in [0.4, 0.5) is 13.2 Å². The average molecular weight is 336 g/mol. The first-order valence-electron chi connectivity index (χ1n) is 8.15. The number of carbonyl (C=O) groups is 1. The van der Waals surface area contributed by atoms with Crippen LogP contribution in [0.5, 0.6) is 0 Å². The van der Waals surface area contributed by atoms with Gasteiger partial charge >= 0.3 is 12.1 Å². The Morgan fingerprint density at radius 3 is 2.39 bits per heavy atom. The number of hydrogen-bond donors (Lipinski definition) is 2. The lowest BCUT2D eigenvalue weighted by Gasteiger charge is -2.61. The van der Waals surface area contributed by atoms with E-state index in [-0.39, 0.29) is 18.3 Å². The van der Waals surface area contributed by atoms with Gasteiger partial charge in [0.1, 0.15) is 11.7 Å². The number of halogens is 3. The zero-order chi connectivity index (χ0) is 17.3. The van der Waals surface area contributed by atoms with Crippen molar-refractivity contribution in [3.63, 3.8) is 0 Å². The van der Waals surface area contributed by atoms with Crippen LogP contribution < -0.4 is 0 Å². The van der Waals surface area contributed by atoms with E-state index >= 15 is 0 Å². The van der Waals surface area contributed by atoms with Crippen molar-refractivity contribution < 1.29 is 32.9 Å². The molecule has 7 heteroatoms. The molecule has 0 aromatic carbocycles. The van der Waals surface area contributed by atoms with Crippen LogP contribution in [0, 0.1) is 17.3 Å². The van der Waals surface area contributed by atoms with E-state index in [1.807, 2.05) is 0 Å². The molecule has 0 aliphatic heterocycles. The van der Waals surface area contributed by atoms with Gasteiger partial charge in [-0.3, -0.25) is 4.79 Å². The second-order valence-electron chi connectivity index (χ2n) is 7.99. The number of ether oxygens (including phenoxy) is 1. The fraction of sp³-hybridized carbons (Fsp3) is 0.938. The molecule has 0 aromatic rings. The van der Waals surface area contributed by atoms with E-state index in [4.69, 9.17) is 4.74 Å². The van der Waals surface area contributed by atoms with E-state index in [0.717, 1.165) is 6.92 Å². The van der Waals surface area contributed by atoms with Crippen molar-refractivity contribution in [3.05, 3.63) is 0 Å². The fourth-order valence-electron chi connectivity index (χ4n) is 4.94. The Kier molecular flexibility index (Phi) is 3.59. The third kappa shape index (κ3) is 2.47. The molecule has 0 radical (unpaired) electrons. The zero-order valence-corrected chi connectivity index (χ0v) is 13.3. The molecule has 0 saturated heterocycles. The predicted octanol–water partition coefficient (Wildman–Crippen LogP) is 2.56. The van der Waals surface area contributed by atoms with E-state index in [1.54, 1.807) is 0 Å². The van der Waals surface area contributed by atoms with Crippen LogP contribution in [-0.4, -0.2) is 39.7 Å². The highest BCUT2D eigenvalue weighted by Crippen LogP contribution is 2.58. The summed E-state index contributed by atoms with van der Waals surface area (Å²) in [6.45, 7) is 2.13.